The Morgan fingerprint density at radius 1 is 1.35 bits per heavy atom. The molecule has 4 nitrogen and oxygen atoms in total. The first-order valence-electron chi connectivity index (χ1n) is 8.32. The average molecular weight is 335 g/mol. The van der Waals surface area contributed by atoms with E-state index in [9.17, 15) is 9.59 Å². The molecule has 1 heterocycles. The average Bonchev–Trinajstić information content (AvgIpc) is 3.12. The van der Waals surface area contributed by atoms with E-state index in [-0.39, 0.29) is 17.9 Å². The van der Waals surface area contributed by atoms with Crippen LogP contribution in [-0.2, 0) is 9.59 Å². The molecule has 2 amide bonds. The molecule has 1 saturated carbocycles. The number of nitrogens with one attached hydrogen (secondary N) is 1. The van der Waals surface area contributed by atoms with Crippen molar-refractivity contribution in [3.63, 3.8) is 0 Å². The third-order valence-corrected chi connectivity index (χ3v) is 5.64. The highest BCUT2D eigenvalue weighted by molar-refractivity contribution is 6.31. The summed E-state index contributed by atoms with van der Waals surface area (Å²) in [5.74, 6) is -0.0611. The number of anilines is 1. The van der Waals surface area contributed by atoms with Crippen LogP contribution in [-0.4, -0.2) is 23.4 Å². The molecule has 124 valence electrons. The molecule has 1 aromatic carbocycles. The van der Waals surface area contributed by atoms with E-state index in [1.165, 1.54) is 0 Å². The second-order valence-electron chi connectivity index (χ2n) is 6.84. The molecular formula is C18H23ClN2O2. The quantitative estimate of drug-likeness (QED) is 0.918. The fraction of sp³-hybridized carbons (Fsp3) is 0.556. The van der Waals surface area contributed by atoms with E-state index in [0.29, 0.717) is 17.9 Å². The first kappa shape index (κ1) is 16.3. The summed E-state index contributed by atoms with van der Waals surface area (Å²) in [7, 11) is 0. The van der Waals surface area contributed by atoms with Crippen LogP contribution in [0.4, 0.5) is 5.69 Å². The maximum Gasteiger partial charge on any atom is 0.246 e. The minimum absolute atomic E-state index is 0.0144. The van der Waals surface area contributed by atoms with Crippen LogP contribution in [0.5, 0.6) is 0 Å². The molecule has 1 saturated heterocycles. The van der Waals surface area contributed by atoms with Crippen LogP contribution in [0, 0.1) is 6.92 Å². The van der Waals surface area contributed by atoms with Gasteiger partial charge in [0.25, 0.3) is 0 Å². The molecule has 1 N–H and O–H groups in total. The Balaban J connectivity index is 1.91. The number of nitrogens with zero attached hydrogens (tertiary/aromatic N) is 1. The van der Waals surface area contributed by atoms with Crippen LogP contribution in [0.2, 0.25) is 5.02 Å². The van der Waals surface area contributed by atoms with Gasteiger partial charge < -0.3 is 5.32 Å². The zero-order chi connectivity index (χ0) is 16.6. The highest BCUT2D eigenvalue weighted by Crippen LogP contribution is 2.39. The van der Waals surface area contributed by atoms with Crippen molar-refractivity contribution in [2.24, 2.45) is 0 Å². The van der Waals surface area contributed by atoms with Crippen molar-refractivity contribution in [3.8, 4) is 0 Å². The number of carbonyl (C=O) groups is 2. The van der Waals surface area contributed by atoms with Gasteiger partial charge in [-0.1, -0.05) is 30.5 Å². The number of amides is 2. The van der Waals surface area contributed by atoms with Gasteiger partial charge in [0, 0.05) is 23.2 Å². The second kappa shape index (κ2) is 6.16. The fourth-order valence-corrected chi connectivity index (χ4v) is 3.88. The Labute approximate surface area is 142 Å². The van der Waals surface area contributed by atoms with Crippen LogP contribution < -0.4 is 10.2 Å². The van der Waals surface area contributed by atoms with E-state index in [2.05, 4.69) is 5.32 Å². The van der Waals surface area contributed by atoms with Crippen LogP contribution in [0.25, 0.3) is 0 Å². The van der Waals surface area contributed by atoms with Crippen LogP contribution in [0.1, 0.15) is 51.0 Å². The summed E-state index contributed by atoms with van der Waals surface area (Å²) in [5.41, 5.74) is 0.739. The number of hydrogen-bond acceptors (Lipinski definition) is 2. The zero-order valence-corrected chi connectivity index (χ0v) is 14.4. The largest absolute Gasteiger partial charge is 0.351 e. The summed E-state index contributed by atoms with van der Waals surface area (Å²) < 4.78 is 0. The van der Waals surface area contributed by atoms with Crippen molar-refractivity contribution in [2.75, 3.05) is 4.90 Å². The van der Waals surface area contributed by atoms with Gasteiger partial charge >= 0.3 is 0 Å². The lowest BCUT2D eigenvalue weighted by Gasteiger charge is -2.35. The van der Waals surface area contributed by atoms with E-state index in [0.717, 1.165) is 36.9 Å². The van der Waals surface area contributed by atoms with Gasteiger partial charge in [0.1, 0.15) is 5.54 Å². The first-order valence-corrected chi connectivity index (χ1v) is 8.70. The SMILES string of the molecule is Cc1c(Cl)cccc1N1C(=O)CCC1(C)C(=O)NC1CCCC1. The molecule has 3 rings (SSSR count). The Kier molecular flexibility index (Phi) is 4.37. The molecule has 23 heavy (non-hydrogen) atoms. The zero-order valence-electron chi connectivity index (χ0n) is 13.7. The summed E-state index contributed by atoms with van der Waals surface area (Å²) in [6, 6.07) is 5.74. The fourth-order valence-electron chi connectivity index (χ4n) is 3.71. The van der Waals surface area contributed by atoms with Gasteiger partial charge in [0.2, 0.25) is 11.8 Å². The van der Waals surface area contributed by atoms with Crippen molar-refractivity contribution in [1.29, 1.82) is 0 Å². The minimum atomic E-state index is -0.838. The molecule has 0 radical (unpaired) electrons. The summed E-state index contributed by atoms with van der Waals surface area (Å²) in [6.07, 6.45) is 5.32. The van der Waals surface area contributed by atoms with E-state index < -0.39 is 5.54 Å². The van der Waals surface area contributed by atoms with Crippen molar-refractivity contribution in [2.45, 2.75) is 64.0 Å². The molecule has 5 heteroatoms. The molecule has 1 unspecified atom stereocenters. The lowest BCUT2D eigenvalue weighted by atomic mass is 9.95. The molecular weight excluding hydrogens is 312 g/mol. The summed E-state index contributed by atoms with van der Waals surface area (Å²) in [4.78, 5) is 27.1. The topological polar surface area (TPSA) is 49.4 Å². The standard InChI is InChI=1S/C18H23ClN2O2/c1-12-14(19)8-5-9-15(12)21-16(22)10-11-18(21,2)17(23)20-13-6-3-4-7-13/h5,8-9,13H,3-4,6-7,10-11H2,1-2H3,(H,20,23). The van der Waals surface area contributed by atoms with Gasteiger partial charge in [0.05, 0.1) is 0 Å². The number of hydrogen-bond donors (Lipinski definition) is 1. The minimum Gasteiger partial charge on any atom is -0.351 e. The Bertz CT molecular complexity index is 640. The lowest BCUT2D eigenvalue weighted by Crippen LogP contribution is -2.56. The van der Waals surface area contributed by atoms with E-state index in [4.69, 9.17) is 11.6 Å². The van der Waals surface area contributed by atoms with Crippen molar-refractivity contribution >= 4 is 29.1 Å². The third kappa shape index (κ3) is 2.85. The molecule has 1 atom stereocenters. The Hall–Kier alpha value is -1.55. The smallest absolute Gasteiger partial charge is 0.246 e. The second-order valence-corrected chi connectivity index (χ2v) is 7.25. The van der Waals surface area contributed by atoms with Crippen LogP contribution in [0.15, 0.2) is 18.2 Å². The van der Waals surface area contributed by atoms with E-state index in [1.807, 2.05) is 26.0 Å². The summed E-state index contributed by atoms with van der Waals surface area (Å²) in [6.45, 7) is 3.75. The molecule has 0 bridgehead atoms. The van der Waals surface area contributed by atoms with E-state index in [1.54, 1.807) is 11.0 Å². The maximum atomic E-state index is 12.9. The summed E-state index contributed by atoms with van der Waals surface area (Å²) in [5, 5.41) is 3.76. The highest BCUT2D eigenvalue weighted by atomic mass is 35.5. The van der Waals surface area contributed by atoms with Gasteiger partial charge in [-0.25, -0.2) is 0 Å². The highest BCUT2D eigenvalue weighted by Gasteiger charge is 2.49. The molecule has 2 aliphatic rings. The molecule has 2 fully saturated rings. The number of rotatable bonds is 3. The molecule has 1 aromatic rings. The van der Waals surface area contributed by atoms with Gasteiger partial charge in [0.15, 0.2) is 0 Å². The third-order valence-electron chi connectivity index (χ3n) is 5.23. The number of benzene rings is 1. The Morgan fingerprint density at radius 2 is 2.04 bits per heavy atom. The first-order chi connectivity index (χ1) is 10.9. The van der Waals surface area contributed by atoms with Gasteiger partial charge in [-0.3, -0.25) is 14.5 Å². The molecule has 1 aliphatic heterocycles. The maximum absolute atomic E-state index is 12.9. The normalized spacial score (nSPS) is 25.2. The van der Waals surface area contributed by atoms with E-state index >= 15 is 0 Å². The molecule has 0 aromatic heterocycles. The van der Waals surface area contributed by atoms with Gasteiger partial charge in [-0.05, 0) is 50.8 Å². The van der Waals surface area contributed by atoms with Crippen molar-refractivity contribution in [3.05, 3.63) is 28.8 Å². The molecule has 1 aliphatic carbocycles. The lowest BCUT2D eigenvalue weighted by molar-refractivity contribution is -0.127. The molecule has 0 spiro atoms. The monoisotopic (exact) mass is 334 g/mol. The predicted molar refractivity (Wildman–Crippen MR) is 91.7 cm³/mol. The van der Waals surface area contributed by atoms with Crippen molar-refractivity contribution in [1.82, 2.24) is 5.32 Å². The van der Waals surface area contributed by atoms with Crippen LogP contribution in [0.3, 0.4) is 0 Å². The van der Waals surface area contributed by atoms with Gasteiger partial charge in [-0.2, -0.15) is 0 Å². The number of halogens is 1. The van der Waals surface area contributed by atoms with Gasteiger partial charge in [-0.15, -0.1) is 0 Å². The predicted octanol–water partition coefficient (Wildman–Crippen LogP) is 3.59. The number of carbonyl (C=O) groups excluding carboxylic acids is 2. The summed E-state index contributed by atoms with van der Waals surface area (Å²) >= 11 is 6.21. The van der Waals surface area contributed by atoms with Crippen molar-refractivity contribution < 1.29 is 9.59 Å². The Morgan fingerprint density at radius 3 is 2.74 bits per heavy atom. The van der Waals surface area contributed by atoms with Crippen LogP contribution >= 0.6 is 11.6 Å².